The highest BCUT2D eigenvalue weighted by Crippen LogP contribution is 2.40. The van der Waals surface area contributed by atoms with E-state index in [1.807, 2.05) is 0 Å². The van der Waals surface area contributed by atoms with Gasteiger partial charge >= 0.3 is 6.18 Å². The Morgan fingerprint density at radius 3 is 2.70 bits per heavy atom. The summed E-state index contributed by atoms with van der Waals surface area (Å²) in [5, 5.41) is 12.3. The highest BCUT2D eigenvalue weighted by Gasteiger charge is 2.48. The van der Waals surface area contributed by atoms with Crippen molar-refractivity contribution < 1.29 is 23.1 Å². The maximum absolute atomic E-state index is 12.4. The van der Waals surface area contributed by atoms with Crippen LogP contribution in [0.4, 0.5) is 13.2 Å². The minimum absolute atomic E-state index is 0.0282. The second-order valence-electron chi connectivity index (χ2n) is 5.74. The predicted octanol–water partition coefficient (Wildman–Crippen LogP) is 1.94. The average molecular weight is 290 g/mol. The highest BCUT2D eigenvalue weighted by atomic mass is 19.4. The number of aliphatic hydroxyl groups excluding tert-OH is 1. The van der Waals surface area contributed by atoms with Gasteiger partial charge in [-0.15, -0.1) is 0 Å². The molecular formula is C13H17F3N2O2. The number of hydrogen-bond acceptors (Lipinski definition) is 2. The van der Waals surface area contributed by atoms with Gasteiger partial charge in [0, 0.05) is 17.7 Å². The first-order valence-corrected chi connectivity index (χ1v) is 6.32. The number of halogens is 3. The molecule has 2 N–H and O–H groups in total. The van der Waals surface area contributed by atoms with Crippen molar-refractivity contribution in [1.82, 2.24) is 9.88 Å². The lowest BCUT2D eigenvalue weighted by Gasteiger charge is -2.49. The van der Waals surface area contributed by atoms with Crippen LogP contribution in [-0.4, -0.2) is 33.9 Å². The molecule has 2 unspecified atom stereocenters. The molecule has 1 saturated carbocycles. The molecule has 1 aromatic rings. The number of alkyl halides is 3. The monoisotopic (exact) mass is 290 g/mol. The van der Waals surface area contributed by atoms with E-state index in [-0.39, 0.29) is 11.7 Å². The van der Waals surface area contributed by atoms with Gasteiger partial charge in [-0.25, -0.2) is 0 Å². The van der Waals surface area contributed by atoms with E-state index >= 15 is 0 Å². The van der Waals surface area contributed by atoms with Crippen molar-refractivity contribution in [3.8, 4) is 0 Å². The Kier molecular flexibility index (Phi) is 3.58. The van der Waals surface area contributed by atoms with Crippen LogP contribution in [0.5, 0.6) is 0 Å². The van der Waals surface area contributed by atoms with Crippen molar-refractivity contribution in [3.63, 3.8) is 0 Å². The van der Waals surface area contributed by atoms with E-state index in [0.717, 1.165) is 4.57 Å². The Morgan fingerprint density at radius 2 is 2.20 bits per heavy atom. The van der Waals surface area contributed by atoms with E-state index in [2.05, 4.69) is 5.32 Å². The fraction of sp³-hybridized carbons (Fsp3) is 0.615. The smallest absolute Gasteiger partial charge is 0.392 e. The van der Waals surface area contributed by atoms with Crippen molar-refractivity contribution in [3.05, 3.63) is 24.0 Å². The van der Waals surface area contributed by atoms with Crippen LogP contribution in [0, 0.1) is 5.41 Å². The molecule has 1 aromatic heterocycles. The Hall–Kier alpha value is -1.50. The molecule has 1 heterocycles. The van der Waals surface area contributed by atoms with E-state index in [1.54, 1.807) is 13.8 Å². The van der Waals surface area contributed by atoms with Crippen LogP contribution in [0.2, 0.25) is 0 Å². The number of nitrogens with one attached hydrogen (secondary N) is 1. The number of carbonyl (C=O) groups excluding carboxylic acids is 1. The van der Waals surface area contributed by atoms with Crippen LogP contribution < -0.4 is 5.32 Å². The standard InChI is InChI=1S/C13H17F3N2O2/c1-12(2)9(6-10(12)19)17-11(20)8-4-3-5-18(8)7-13(14,15)16/h3-5,9-10,19H,6-7H2,1-2H3,(H,17,20). The van der Waals surface area contributed by atoms with Gasteiger partial charge in [-0.2, -0.15) is 13.2 Å². The molecule has 2 rings (SSSR count). The molecule has 2 atom stereocenters. The Bertz CT molecular complexity index is 508. The number of aliphatic hydroxyl groups is 1. The third kappa shape index (κ3) is 2.82. The van der Waals surface area contributed by atoms with Gasteiger partial charge in [0.25, 0.3) is 5.91 Å². The van der Waals surface area contributed by atoms with Crippen molar-refractivity contribution in [1.29, 1.82) is 0 Å². The van der Waals surface area contributed by atoms with Gasteiger partial charge in [0.2, 0.25) is 0 Å². The summed E-state index contributed by atoms with van der Waals surface area (Å²) in [6.45, 7) is 2.42. The molecule has 4 nitrogen and oxygen atoms in total. The molecule has 1 aliphatic carbocycles. The molecule has 0 bridgehead atoms. The normalized spacial score (nSPS) is 25.1. The SMILES string of the molecule is CC1(C)C(O)CC1NC(=O)c1cccn1CC(F)(F)F. The lowest BCUT2D eigenvalue weighted by atomic mass is 9.64. The molecule has 1 amide bonds. The fourth-order valence-electron chi connectivity index (χ4n) is 2.33. The third-order valence-corrected chi connectivity index (χ3v) is 3.93. The van der Waals surface area contributed by atoms with Crippen LogP contribution in [0.3, 0.4) is 0 Å². The topological polar surface area (TPSA) is 54.3 Å². The lowest BCUT2D eigenvalue weighted by molar-refractivity contribution is -0.140. The quantitative estimate of drug-likeness (QED) is 0.894. The Morgan fingerprint density at radius 1 is 1.55 bits per heavy atom. The second kappa shape index (κ2) is 4.80. The van der Waals surface area contributed by atoms with Crippen LogP contribution in [0.15, 0.2) is 18.3 Å². The molecule has 0 aromatic carbocycles. The predicted molar refractivity (Wildman–Crippen MR) is 66.1 cm³/mol. The van der Waals surface area contributed by atoms with Crippen LogP contribution in [-0.2, 0) is 6.54 Å². The van der Waals surface area contributed by atoms with Crippen molar-refractivity contribution in [2.75, 3.05) is 0 Å². The van der Waals surface area contributed by atoms with Gasteiger partial charge in [0.05, 0.1) is 6.10 Å². The summed E-state index contributed by atoms with van der Waals surface area (Å²) in [4.78, 5) is 12.0. The first kappa shape index (κ1) is 14.9. The first-order valence-electron chi connectivity index (χ1n) is 6.32. The minimum atomic E-state index is -4.38. The molecule has 1 fully saturated rings. The average Bonchev–Trinajstić information content (AvgIpc) is 2.74. The van der Waals surface area contributed by atoms with Crippen molar-refractivity contribution in [2.24, 2.45) is 5.41 Å². The maximum atomic E-state index is 12.4. The van der Waals surface area contributed by atoms with Gasteiger partial charge < -0.3 is 15.0 Å². The molecule has 1 aliphatic rings. The van der Waals surface area contributed by atoms with Crippen LogP contribution >= 0.6 is 0 Å². The van der Waals surface area contributed by atoms with E-state index in [0.29, 0.717) is 6.42 Å². The van der Waals surface area contributed by atoms with Crippen LogP contribution in [0.1, 0.15) is 30.8 Å². The molecule has 7 heteroatoms. The number of aromatic nitrogens is 1. The third-order valence-electron chi connectivity index (χ3n) is 3.93. The zero-order valence-corrected chi connectivity index (χ0v) is 11.2. The molecule has 20 heavy (non-hydrogen) atoms. The number of rotatable bonds is 3. The van der Waals surface area contributed by atoms with Crippen LogP contribution in [0.25, 0.3) is 0 Å². The molecule has 0 spiro atoms. The minimum Gasteiger partial charge on any atom is -0.392 e. The summed E-state index contributed by atoms with van der Waals surface area (Å²) in [6, 6.07) is 2.52. The van der Waals surface area contributed by atoms with E-state index < -0.39 is 30.1 Å². The number of hydrogen-bond donors (Lipinski definition) is 2. The first-order chi connectivity index (χ1) is 9.11. The largest absolute Gasteiger partial charge is 0.406 e. The fourth-order valence-corrected chi connectivity index (χ4v) is 2.33. The highest BCUT2D eigenvalue weighted by molar-refractivity contribution is 5.93. The van der Waals surface area contributed by atoms with Gasteiger partial charge in [-0.05, 0) is 18.6 Å². The molecule has 0 aliphatic heterocycles. The summed E-state index contributed by atoms with van der Waals surface area (Å²) in [5.41, 5.74) is -0.489. The van der Waals surface area contributed by atoms with Gasteiger partial charge in [-0.3, -0.25) is 4.79 Å². The Labute approximate surface area is 114 Å². The van der Waals surface area contributed by atoms with Gasteiger partial charge in [-0.1, -0.05) is 13.8 Å². The molecule has 0 radical (unpaired) electrons. The summed E-state index contributed by atoms with van der Waals surface area (Å²) in [5.74, 6) is -0.552. The van der Waals surface area contributed by atoms with E-state index in [9.17, 15) is 23.1 Å². The summed E-state index contributed by atoms with van der Waals surface area (Å²) in [7, 11) is 0. The number of carbonyl (C=O) groups is 1. The Balaban J connectivity index is 2.06. The summed E-state index contributed by atoms with van der Waals surface area (Å²) < 4.78 is 38.0. The molecular weight excluding hydrogens is 273 g/mol. The molecule has 112 valence electrons. The van der Waals surface area contributed by atoms with E-state index in [1.165, 1.54) is 18.3 Å². The second-order valence-corrected chi connectivity index (χ2v) is 5.74. The van der Waals surface area contributed by atoms with Gasteiger partial charge in [0.1, 0.15) is 12.2 Å². The summed E-state index contributed by atoms with van der Waals surface area (Å²) >= 11 is 0. The number of nitrogens with zero attached hydrogens (tertiary/aromatic N) is 1. The van der Waals surface area contributed by atoms with Crippen molar-refractivity contribution >= 4 is 5.91 Å². The zero-order chi connectivity index (χ0) is 15.1. The zero-order valence-electron chi connectivity index (χ0n) is 11.2. The van der Waals surface area contributed by atoms with Gasteiger partial charge in [0.15, 0.2) is 0 Å². The maximum Gasteiger partial charge on any atom is 0.406 e. The van der Waals surface area contributed by atoms with Crippen molar-refractivity contribution in [2.45, 2.75) is 45.1 Å². The van der Waals surface area contributed by atoms with E-state index in [4.69, 9.17) is 0 Å². The lowest BCUT2D eigenvalue weighted by Crippen LogP contribution is -2.61. The number of amides is 1. The molecule has 0 saturated heterocycles. The summed E-state index contributed by atoms with van der Waals surface area (Å²) in [6.07, 6.45) is -3.24.